The largest absolute Gasteiger partial charge is 0.446 e. The van der Waals surface area contributed by atoms with Crippen LogP contribution in [0.2, 0.25) is 0 Å². The molecule has 1 unspecified atom stereocenters. The van der Waals surface area contributed by atoms with Crippen molar-refractivity contribution in [2.24, 2.45) is 17.8 Å². The van der Waals surface area contributed by atoms with Crippen LogP contribution in [0.3, 0.4) is 0 Å². The molecule has 1 amide bonds. The van der Waals surface area contributed by atoms with Crippen molar-refractivity contribution in [3.63, 3.8) is 0 Å². The molecular formula is C21H33NO4. The number of hydrogen-bond donors (Lipinski definition) is 1. The number of alkyl carbamates (subject to hydrolysis) is 1. The first-order valence-corrected chi connectivity index (χ1v) is 9.53. The molecule has 2 rings (SSSR count). The molecule has 1 saturated carbocycles. The number of methoxy groups -OCH3 is 2. The van der Waals surface area contributed by atoms with Crippen molar-refractivity contribution < 1.29 is 19.0 Å². The van der Waals surface area contributed by atoms with Crippen LogP contribution in [0.1, 0.15) is 51.6 Å². The summed E-state index contributed by atoms with van der Waals surface area (Å²) in [5.41, 5.74) is 0.913. The highest BCUT2D eigenvalue weighted by Crippen LogP contribution is 2.35. The average molecular weight is 363 g/mol. The molecule has 4 atom stereocenters. The molecular weight excluding hydrogens is 330 g/mol. The van der Waals surface area contributed by atoms with E-state index in [-0.39, 0.29) is 6.10 Å². The number of carbonyl (C=O) groups is 1. The topological polar surface area (TPSA) is 56.8 Å². The summed E-state index contributed by atoms with van der Waals surface area (Å²) in [6.45, 7) is 6.63. The second kappa shape index (κ2) is 9.93. The lowest BCUT2D eigenvalue weighted by atomic mass is 9.75. The van der Waals surface area contributed by atoms with Gasteiger partial charge in [-0.2, -0.15) is 0 Å². The fraction of sp³-hybridized carbons (Fsp3) is 0.667. The summed E-state index contributed by atoms with van der Waals surface area (Å²) in [5, 5.41) is 2.95. The highest BCUT2D eigenvalue weighted by molar-refractivity contribution is 5.68. The molecule has 0 saturated heterocycles. The van der Waals surface area contributed by atoms with Gasteiger partial charge >= 0.3 is 6.09 Å². The molecule has 0 heterocycles. The Kier molecular flexibility index (Phi) is 7.91. The molecule has 0 aliphatic heterocycles. The molecule has 0 bridgehead atoms. The number of hydrogen-bond acceptors (Lipinski definition) is 4. The third kappa shape index (κ3) is 5.45. The van der Waals surface area contributed by atoms with E-state index in [0.29, 0.717) is 17.8 Å². The molecule has 0 spiro atoms. The van der Waals surface area contributed by atoms with E-state index in [4.69, 9.17) is 14.2 Å². The van der Waals surface area contributed by atoms with Crippen molar-refractivity contribution in [1.29, 1.82) is 0 Å². The molecule has 26 heavy (non-hydrogen) atoms. The zero-order valence-electron chi connectivity index (χ0n) is 16.6. The summed E-state index contributed by atoms with van der Waals surface area (Å²) in [5.74, 6) is 1.49. The minimum atomic E-state index is -0.587. The van der Waals surface area contributed by atoms with Gasteiger partial charge in [-0.05, 0) is 36.2 Å². The van der Waals surface area contributed by atoms with E-state index in [0.717, 1.165) is 18.4 Å². The quantitative estimate of drug-likeness (QED) is 0.723. The van der Waals surface area contributed by atoms with Gasteiger partial charge in [0.25, 0.3) is 0 Å². The molecule has 1 aliphatic rings. The van der Waals surface area contributed by atoms with E-state index in [2.05, 4.69) is 26.1 Å². The van der Waals surface area contributed by atoms with Crippen molar-refractivity contribution in [3.05, 3.63) is 35.9 Å². The molecule has 1 aromatic rings. The van der Waals surface area contributed by atoms with Crippen LogP contribution in [0.15, 0.2) is 30.3 Å². The van der Waals surface area contributed by atoms with Gasteiger partial charge in [-0.3, -0.25) is 0 Å². The Hall–Kier alpha value is -1.59. The number of ether oxygens (including phenoxy) is 3. The van der Waals surface area contributed by atoms with Crippen molar-refractivity contribution >= 4 is 6.09 Å². The minimum absolute atomic E-state index is 0.0429. The van der Waals surface area contributed by atoms with Crippen LogP contribution in [0.5, 0.6) is 0 Å². The second-order valence-corrected chi connectivity index (χ2v) is 7.64. The van der Waals surface area contributed by atoms with E-state index >= 15 is 0 Å². The summed E-state index contributed by atoms with van der Waals surface area (Å²) in [6.07, 6.45) is 2.19. The maximum absolute atomic E-state index is 12.7. The summed E-state index contributed by atoms with van der Waals surface area (Å²) < 4.78 is 16.6. The predicted molar refractivity (Wildman–Crippen MR) is 102 cm³/mol. The fourth-order valence-corrected chi connectivity index (χ4v) is 3.89. The fourth-order valence-electron chi connectivity index (χ4n) is 3.89. The first kappa shape index (κ1) is 20.7. The van der Waals surface area contributed by atoms with Crippen LogP contribution in [0.4, 0.5) is 4.79 Å². The van der Waals surface area contributed by atoms with Crippen molar-refractivity contribution in [2.45, 2.75) is 58.5 Å². The summed E-state index contributed by atoms with van der Waals surface area (Å²) in [4.78, 5) is 12.7. The Bertz CT molecular complexity index is 544. The van der Waals surface area contributed by atoms with Crippen LogP contribution in [-0.2, 0) is 14.2 Å². The van der Waals surface area contributed by atoms with Crippen LogP contribution in [0.25, 0.3) is 0 Å². The van der Waals surface area contributed by atoms with Gasteiger partial charge in [-0.1, -0.05) is 57.5 Å². The van der Waals surface area contributed by atoms with Gasteiger partial charge in [-0.15, -0.1) is 0 Å². The zero-order chi connectivity index (χ0) is 19.1. The molecule has 5 heteroatoms. The lowest BCUT2D eigenvalue weighted by molar-refractivity contribution is -0.124. The Morgan fingerprint density at radius 2 is 1.77 bits per heavy atom. The van der Waals surface area contributed by atoms with Gasteiger partial charge in [0.2, 0.25) is 0 Å². The van der Waals surface area contributed by atoms with Crippen molar-refractivity contribution in [2.75, 3.05) is 14.2 Å². The molecule has 1 fully saturated rings. The number of benzene rings is 1. The highest BCUT2D eigenvalue weighted by atomic mass is 16.7. The lowest BCUT2D eigenvalue weighted by Crippen LogP contribution is -2.42. The summed E-state index contributed by atoms with van der Waals surface area (Å²) in [6, 6.07) is 9.23. The number of amides is 1. The predicted octanol–water partition coefficient (Wildman–Crippen LogP) is 4.53. The Balaban J connectivity index is 2.08. The minimum Gasteiger partial charge on any atom is -0.446 e. The SMILES string of the molecule is COC(OC)C(NC(=O)O[C@@H]1C[C@H](C)CC[C@H]1C(C)C)c1ccccc1. The van der Waals surface area contributed by atoms with Gasteiger partial charge in [0.1, 0.15) is 12.1 Å². The van der Waals surface area contributed by atoms with Crippen LogP contribution in [-0.4, -0.2) is 32.7 Å². The van der Waals surface area contributed by atoms with Crippen LogP contribution >= 0.6 is 0 Å². The highest BCUT2D eigenvalue weighted by Gasteiger charge is 2.34. The van der Waals surface area contributed by atoms with E-state index < -0.39 is 18.4 Å². The Morgan fingerprint density at radius 3 is 2.35 bits per heavy atom. The van der Waals surface area contributed by atoms with Crippen LogP contribution < -0.4 is 5.32 Å². The van der Waals surface area contributed by atoms with Gasteiger partial charge < -0.3 is 19.5 Å². The zero-order valence-corrected chi connectivity index (χ0v) is 16.6. The molecule has 1 N–H and O–H groups in total. The number of rotatable bonds is 7. The molecule has 5 nitrogen and oxygen atoms in total. The van der Waals surface area contributed by atoms with E-state index in [1.807, 2.05) is 30.3 Å². The van der Waals surface area contributed by atoms with Gasteiger partial charge in [0.05, 0.1) is 0 Å². The van der Waals surface area contributed by atoms with Crippen molar-refractivity contribution in [3.8, 4) is 0 Å². The Labute approximate surface area is 157 Å². The van der Waals surface area contributed by atoms with E-state index in [1.165, 1.54) is 6.42 Å². The molecule has 0 radical (unpaired) electrons. The monoisotopic (exact) mass is 363 g/mol. The summed E-state index contributed by atoms with van der Waals surface area (Å²) >= 11 is 0. The normalized spacial score (nSPS) is 24.5. The van der Waals surface area contributed by atoms with E-state index in [1.54, 1.807) is 14.2 Å². The third-order valence-corrected chi connectivity index (χ3v) is 5.39. The smallest absolute Gasteiger partial charge is 0.408 e. The maximum Gasteiger partial charge on any atom is 0.408 e. The first-order chi connectivity index (χ1) is 12.5. The van der Waals surface area contributed by atoms with Gasteiger partial charge in [0, 0.05) is 14.2 Å². The Morgan fingerprint density at radius 1 is 1.12 bits per heavy atom. The summed E-state index contributed by atoms with van der Waals surface area (Å²) in [7, 11) is 3.13. The van der Waals surface area contributed by atoms with Gasteiger partial charge in [0.15, 0.2) is 6.29 Å². The molecule has 1 aromatic carbocycles. The first-order valence-electron chi connectivity index (χ1n) is 9.53. The second-order valence-electron chi connectivity index (χ2n) is 7.64. The number of carbonyl (C=O) groups excluding carboxylic acids is 1. The average Bonchev–Trinajstić information content (AvgIpc) is 2.62. The molecule has 146 valence electrons. The third-order valence-electron chi connectivity index (χ3n) is 5.39. The molecule has 1 aliphatic carbocycles. The molecule has 0 aromatic heterocycles. The standard InChI is InChI=1S/C21H33NO4/c1-14(2)17-12-11-15(3)13-18(17)26-21(23)22-19(20(24-4)25-5)16-9-7-6-8-10-16/h6-10,14-15,17-20H,11-13H2,1-5H3,(H,22,23)/t15-,17+,18-,19?/m1/s1. The van der Waals surface area contributed by atoms with Crippen molar-refractivity contribution in [1.82, 2.24) is 5.32 Å². The number of nitrogens with one attached hydrogen (secondary N) is 1. The van der Waals surface area contributed by atoms with Crippen LogP contribution in [0, 0.1) is 17.8 Å². The van der Waals surface area contributed by atoms with Gasteiger partial charge in [-0.25, -0.2) is 4.79 Å². The van der Waals surface area contributed by atoms with E-state index in [9.17, 15) is 4.79 Å². The maximum atomic E-state index is 12.7. The lowest BCUT2D eigenvalue weighted by Gasteiger charge is -2.37.